The minimum absolute atomic E-state index is 0.154. The van der Waals surface area contributed by atoms with E-state index in [4.69, 9.17) is 15.3 Å². The summed E-state index contributed by atoms with van der Waals surface area (Å²) in [6.07, 6.45) is -0.0438. The number of hydrogen-bond acceptors (Lipinski definition) is 7. The second-order valence-corrected chi connectivity index (χ2v) is 8.82. The molecule has 0 amide bonds. The Bertz CT molecular complexity index is 418. The molecule has 4 N–H and O–H groups in total. The van der Waals surface area contributed by atoms with Crippen LogP contribution in [0.4, 0.5) is 0 Å². The Hall–Kier alpha value is -0.843. The summed E-state index contributed by atoms with van der Waals surface area (Å²) in [5.41, 5.74) is 1.16. The number of hydrogen-bond donors (Lipinski definition) is 4. The number of aliphatic hydroxyl groups excluding tert-OH is 1. The zero-order valence-electron chi connectivity index (χ0n) is 13.6. The molecule has 0 aliphatic heterocycles. The van der Waals surface area contributed by atoms with Crippen molar-refractivity contribution in [2.24, 2.45) is 0 Å². The third kappa shape index (κ3) is 8.00. The van der Waals surface area contributed by atoms with E-state index in [1.54, 1.807) is 0 Å². The van der Waals surface area contributed by atoms with E-state index >= 15 is 0 Å². The first-order chi connectivity index (χ1) is 11.0. The van der Waals surface area contributed by atoms with E-state index in [2.05, 4.69) is 14.5 Å². The summed E-state index contributed by atoms with van der Waals surface area (Å²) in [7, 11) is -2.89. The molecule has 1 aromatic carbocycles. The average molecular weight is 345 g/mol. The van der Waals surface area contributed by atoms with E-state index in [9.17, 15) is 5.11 Å². The Labute approximate surface area is 137 Å². The number of benzene rings is 1. The molecular weight excluding hydrogens is 318 g/mol. The van der Waals surface area contributed by atoms with Crippen molar-refractivity contribution < 1.29 is 29.5 Å². The predicted molar refractivity (Wildman–Crippen MR) is 88.2 cm³/mol. The third-order valence-corrected chi connectivity index (χ3v) is 5.61. The van der Waals surface area contributed by atoms with Crippen LogP contribution < -0.4 is 5.32 Å². The van der Waals surface area contributed by atoms with Gasteiger partial charge in [-0.3, -0.25) is 19.7 Å². The van der Waals surface area contributed by atoms with Gasteiger partial charge in [-0.05, 0) is 31.5 Å². The summed E-state index contributed by atoms with van der Waals surface area (Å²) in [5, 5.41) is 30.4. The number of ether oxygens (including phenoxy) is 1. The molecule has 23 heavy (non-hydrogen) atoms. The lowest BCUT2D eigenvalue weighted by Gasteiger charge is -2.19. The van der Waals surface area contributed by atoms with E-state index < -0.39 is 14.7 Å². The summed E-state index contributed by atoms with van der Waals surface area (Å²) in [6.45, 7) is 4.62. The first-order valence-electron chi connectivity index (χ1n) is 7.70. The van der Waals surface area contributed by atoms with Crippen LogP contribution in [0.3, 0.4) is 0 Å². The van der Waals surface area contributed by atoms with Gasteiger partial charge in [0.05, 0.1) is 12.7 Å². The molecule has 0 saturated carbocycles. The van der Waals surface area contributed by atoms with E-state index in [1.165, 1.54) is 6.55 Å². The lowest BCUT2D eigenvalue weighted by molar-refractivity contribution is -0.238. The van der Waals surface area contributed by atoms with Gasteiger partial charge in [0.15, 0.2) is 0 Å². The van der Waals surface area contributed by atoms with E-state index in [-0.39, 0.29) is 12.6 Å². The van der Waals surface area contributed by atoms with Gasteiger partial charge < -0.3 is 15.2 Å². The summed E-state index contributed by atoms with van der Waals surface area (Å²) < 4.78 is 13.7. The van der Waals surface area contributed by atoms with Crippen LogP contribution >= 0.6 is 0 Å². The van der Waals surface area contributed by atoms with Crippen molar-refractivity contribution in [3.05, 3.63) is 35.9 Å². The first kappa shape index (κ1) is 20.2. The van der Waals surface area contributed by atoms with Crippen molar-refractivity contribution in [2.75, 3.05) is 19.8 Å². The fraction of sp³-hybridized carbons (Fsp3) is 0.600. The molecule has 1 aromatic rings. The molecule has 1 rings (SSSR count). The fourth-order valence-electron chi connectivity index (χ4n) is 2.05. The van der Waals surface area contributed by atoms with Gasteiger partial charge in [0.1, 0.15) is 0 Å². The summed E-state index contributed by atoms with van der Waals surface area (Å²) >= 11 is 0. The first-order valence-corrected chi connectivity index (χ1v) is 10.2. The molecule has 0 fully saturated rings. The minimum atomic E-state index is -2.89. The van der Waals surface area contributed by atoms with Gasteiger partial charge >= 0.3 is 8.56 Å². The van der Waals surface area contributed by atoms with Crippen LogP contribution in [-0.2, 0) is 13.9 Å². The van der Waals surface area contributed by atoms with Crippen LogP contribution in [0, 0.1) is 0 Å². The molecular formula is C15H27NO6Si. The normalized spacial score (nSPS) is 14.7. The van der Waals surface area contributed by atoms with Crippen LogP contribution in [0.5, 0.6) is 0 Å². The smallest absolute Gasteiger partial charge is 0.389 e. The maximum Gasteiger partial charge on any atom is 0.406 e. The second kappa shape index (κ2) is 10.8. The third-order valence-electron chi connectivity index (χ3n) is 3.58. The highest BCUT2D eigenvalue weighted by atomic mass is 28.4. The molecule has 8 heteroatoms. The van der Waals surface area contributed by atoms with E-state index in [0.29, 0.717) is 25.6 Å². The van der Waals surface area contributed by atoms with Crippen molar-refractivity contribution >= 4 is 8.56 Å². The van der Waals surface area contributed by atoms with Crippen molar-refractivity contribution in [3.8, 4) is 0 Å². The lowest BCUT2D eigenvalue weighted by atomic mass is 10.1. The van der Waals surface area contributed by atoms with Gasteiger partial charge in [-0.25, -0.2) is 0 Å². The molecule has 0 aliphatic rings. The zero-order valence-corrected chi connectivity index (χ0v) is 14.6. The molecule has 0 aromatic heterocycles. The molecule has 1 unspecified atom stereocenters. The lowest BCUT2D eigenvalue weighted by Crippen LogP contribution is -2.36. The summed E-state index contributed by atoms with van der Waals surface area (Å²) in [4.78, 5) is 0. The fourth-order valence-corrected chi connectivity index (χ4v) is 3.06. The topological polar surface area (TPSA) is 100 Å². The van der Waals surface area contributed by atoms with Gasteiger partial charge in [-0.15, -0.1) is 0 Å². The minimum Gasteiger partial charge on any atom is -0.389 e. The van der Waals surface area contributed by atoms with Gasteiger partial charge in [0.25, 0.3) is 0 Å². The molecule has 0 bridgehead atoms. The summed E-state index contributed by atoms with van der Waals surface area (Å²) in [6, 6.07) is 10.5. The van der Waals surface area contributed by atoms with Crippen LogP contribution in [0.2, 0.25) is 12.6 Å². The van der Waals surface area contributed by atoms with Crippen molar-refractivity contribution in [3.63, 3.8) is 0 Å². The van der Waals surface area contributed by atoms with Crippen LogP contribution in [0.25, 0.3) is 0 Å². The van der Waals surface area contributed by atoms with Gasteiger partial charge in [-0.2, -0.15) is 0 Å². The van der Waals surface area contributed by atoms with Gasteiger partial charge in [0, 0.05) is 19.2 Å². The second-order valence-electron chi connectivity index (χ2n) is 5.69. The Morgan fingerprint density at radius 1 is 1.17 bits per heavy atom. The zero-order chi connectivity index (χ0) is 17.1. The largest absolute Gasteiger partial charge is 0.406 e. The molecule has 7 nitrogen and oxygen atoms in total. The monoisotopic (exact) mass is 345 g/mol. The SMILES string of the molecule is C[C@@H](NCC(O)COCCC[Si](C)(OO)OO)c1ccccc1. The maximum absolute atomic E-state index is 9.89. The number of aliphatic hydroxyl groups is 1. The van der Waals surface area contributed by atoms with Gasteiger partial charge in [0.2, 0.25) is 0 Å². The summed E-state index contributed by atoms with van der Waals surface area (Å²) in [5.74, 6) is 0. The number of nitrogens with one attached hydrogen (secondary N) is 1. The molecule has 0 saturated heterocycles. The highest BCUT2D eigenvalue weighted by Crippen LogP contribution is 2.13. The Balaban J connectivity index is 2.12. The van der Waals surface area contributed by atoms with Gasteiger partial charge in [-0.1, -0.05) is 30.3 Å². The molecule has 0 aliphatic carbocycles. The van der Waals surface area contributed by atoms with Crippen LogP contribution in [0.15, 0.2) is 30.3 Å². The van der Waals surface area contributed by atoms with E-state index in [1.807, 2.05) is 37.3 Å². The van der Waals surface area contributed by atoms with Crippen molar-refractivity contribution in [2.45, 2.75) is 38.1 Å². The molecule has 0 heterocycles. The van der Waals surface area contributed by atoms with Crippen LogP contribution in [-0.4, -0.2) is 50.0 Å². The van der Waals surface area contributed by atoms with E-state index in [0.717, 1.165) is 5.56 Å². The standard InChI is InChI=1S/C15H27NO6Si/c1-13(14-7-4-3-5-8-14)16-11-15(17)12-20-9-6-10-23(2,21-18)22-19/h3-5,7-8,13,15-19H,6,9-12H2,1-2H3/t13-,15?/m1/s1. The maximum atomic E-state index is 9.89. The van der Waals surface area contributed by atoms with Crippen molar-refractivity contribution in [1.29, 1.82) is 0 Å². The van der Waals surface area contributed by atoms with Crippen molar-refractivity contribution in [1.82, 2.24) is 5.32 Å². The average Bonchev–Trinajstić information content (AvgIpc) is 2.59. The predicted octanol–water partition coefficient (Wildman–Crippen LogP) is 2.16. The quantitative estimate of drug-likeness (QED) is 0.199. The highest BCUT2D eigenvalue weighted by Gasteiger charge is 2.32. The molecule has 132 valence electrons. The Kier molecular flexibility index (Phi) is 9.52. The Morgan fingerprint density at radius 3 is 2.43 bits per heavy atom. The molecule has 0 radical (unpaired) electrons. The highest BCUT2D eigenvalue weighted by molar-refractivity contribution is 6.65. The number of rotatable bonds is 12. The Morgan fingerprint density at radius 2 is 1.83 bits per heavy atom. The molecule has 2 atom stereocenters. The molecule has 0 spiro atoms. The van der Waals surface area contributed by atoms with Crippen LogP contribution in [0.1, 0.15) is 24.9 Å².